The molecule has 0 saturated heterocycles. The predicted molar refractivity (Wildman–Crippen MR) is 150 cm³/mol. The van der Waals surface area contributed by atoms with Gasteiger partial charge in [0.05, 0.1) is 17.8 Å². The second-order valence-corrected chi connectivity index (χ2v) is 10.5. The third-order valence-corrected chi connectivity index (χ3v) is 6.17. The molecule has 0 aliphatic carbocycles. The third-order valence-electron chi connectivity index (χ3n) is 6.17. The maximum absolute atomic E-state index is 14.5. The van der Waals surface area contributed by atoms with Crippen LogP contribution < -0.4 is 10.2 Å². The van der Waals surface area contributed by atoms with Crippen LogP contribution in [-0.2, 0) is 11.2 Å². The van der Waals surface area contributed by atoms with Crippen LogP contribution in [0.4, 0.5) is 15.8 Å². The standard InChI is InChI=1S/C30H35FN6O/c1-19(2)17-37(18-20(3)4)28-13-12-22(24-8-6-7-9-25(24)30-33-35-36-34-30)15-27(28)32-29(38)16-23-11-10-21(5)14-26(23)31/h6-15,19-20H,16-18H2,1-5H3,(H,32,38)(H,33,34,35,36). The number of carbonyl (C=O) groups is 1. The van der Waals surface area contributed by atoms with Gasteiger partial charge in [-0.15, -0.1) is 10.2 Å². The number of amides is 1. The van der Waals surface area contributed by atoms with E-state index in [4.69, 9.17) is 0 Å². The van der Waals surface area contributed by atoms with E-state index in [1.807, 2.05) is 43.3 Å². The fraction of sp³-hybridized carbons (Fsp3) is 0.333. The van der Waals surface area contributed by atoms with Gasteiger partial charge in [0.15, 0.2) is 0 Å². The second-order valence-electron chi connectivity index (χ2n) is 10.5. The summed E-state index contributed by atoms with van der Waals surface area (Å²) in [6.45, 7) is 12.2. The zero-order valence-electron chi connectivity index (χ0n) is 22.6. The number of hydrogen-bond donors (Lipinski definition) is 2. The first-order valence-electron chi connectivity index (χ1n) is 13.0. The van der Waals surface area contributed by atoms with E-state index in [0.717, 1.165) is 41.0 Å². The SMILES string of the molecule is Cc1ccc(CC(=O)Nc2cc(-c3ccccc3-c3nn[nH]n3)ccc2N(CC(C)C)CC(C)C)c(F)c1. The number of rotatable bonds is 10. The van der Waals surface area contributed by atoms with Crippen LogP contribution in [0.1, 0.15) is 38.8 Å². The average molecular weight is 515 g/mol. The maximum Gasteiger partial charge on any atom is 0.228 e. The van der Waals surface area contributed by atoms with E-state index < -0.39 is 0 Å². The highest BCUT2D eigenvalue weighted by Gasteiger charge is 2.19. The molecule has 0 saturated carbocycles. The Morgan fingerprint density at radius 3 is 2.32 bits per heavy atom. The number of aromatic amines is 1. The molecule has 4 aromatic rings. The Balaban J connectivity index is 1.75. The summed E-state index contributed by atoms with van der Waals surface area (Å²) in [5.41, 5.74) is 5.46. The highest BCUT2D eigenvalue weighted by Crippen LogP contribution is 2.36. The van der Waals surface area contributed by atoms with Crippen molar-refractivity contribution in [1.29, 1.82) is 0 Å². The minimum Gasteiger partial charge on any atom is -0.369 e. The number of benzene rings is 3. The van der Waals surface area contributed by atoms with Crippen molar-refractivity contribution < 1.29 is 9.18 Å². The third kappa shape index (κ3) is 6.62. The molecule has 38 heavy (non-hydrogen) atoms. The summed E-state index contributed by atoms with van der Waals surface area (Å²) in [5, 5.41) is 17.6. The number of halogens is 1. The lowest BCUT2D eigenvalue weighted by Gasteiger charge is -2.31. The summed E-state index contributed by atoms with van der Waals surface area (Å²) in [4.78, 5) is 15.5. The van der Waals surface area contributed by atoms with E-state index in [2.05, 4.69) is 70.7 Å². The minimum absolute atomic E-state index is 0.0520. The Labute approximate surface area is 223 Å². The number of carbonyl (C=O) groups excluding carboxylic acids is 1. The van der Waals surface area contributed by atoms with Crippen molar-refractivity contribution in [1.82, 2.24) is 20.6 Å². The van der Waals surface area contributed by atoms with Crippen molar-refractivity contribution in [2.45, 2.75) is 41.0 Å². The van der Waals surface area contributed by atoms with E-state index in [9.17, 15) is 9.18 Å². The fourth-order valence-electron chi connectivity index (χ4n) is 4.60. The molecule has 0 fully saturated rings. The van der Waals surface area contributed by atoms with Crippen molar-refractivity contribution in [3.05, 3.63) is 77.6 Å². The summed E-state index contributed by atoms with van der Waals surface area (Å²) in [7, 11) is 0. The van der Waals surface area contributed by atoms with Gasteiger partial charge in [-0.3, -0.25) is 4.79 Å². The summed E-state index contributed by atoms with van der Waals surface area (Å²) in [6, 6.07) is 18.8. The number of nitrogens with zero attached hydrogens (tertiary/aromatic N) is 4. The molecule has 1 amide bonds. The van der Waals surface area contributed by atoms with Crippen LogP contribution in [0, 0.1) is 24.6 Å². The van der Waals surface area contributed by atoms with Crippen LogP contribution in [0.5, 0.6) is 0 Å². The highest BCUT2D eigenvalue weighted by molar-refractivity contribution is 5.97. The van der Waals surface area contributed by atoms with Gasteiger partial charge < -0.3 is 10.2 Å². The molecule has 8 heteroatoms. The zero-order chi connectivity index (χ0) is 27.2. The molecule has 1 aromatic heterocycles. The van der Waals surface area contributed by atoms with Crippen molar-refractivity contribution in [3.63, 3.8) is 0 Å². The molecule has 3 aromatic carbocycles. The lowest BCUT2D eigenvalue weighted by Crippen LogP contribution is -2.32. The summed E-state index contributed by atoms with van der Waals surface area (Å²) < 4.78 is 14.5. The van der Waals surface area contributed by atoms with E-state index in [-0.39, 0.29) is 18.1 Å². The molecule has 0 aliphatic heterocycles. The van der Waals surface area contributed by atoms with Gasteiger partial charge >= 0.3 is 0 Å². The summed E-state index contributed by atoms with van der Waals surface area (Å²) in [5.74, 6) is 0.706. The quantitative estimate of drug-likeness (QED) is 0.260. The van der Waals surface area contributed by atoms with Crippen molar-refractivity contribution in [3.8, 4) is 22.5 Å². The Hall–Kier alpha value is -4.07. The van der Waals surface area contributed by atoms with Crippen LogP contribution in [0.25, 0.3) is 22.5 Å². The molecule has 198 valence electrons. The van der Waals surface area contributed by atoms with Gasteiger partial charge in [0.25, 0.3) is 0 Å². The molecule has 7 nitrogen and oxygen atoms in total. The molecule has 4 rings (SSSR count). The normalized spacial score (nSPS) is 11.3. The van der Waals surface area contributed by atoms with E-state index in [1.54, 1.807) is 6.07 Å². The van der Waals surface area contributed by atoms with Crippen LogP contribution in [0.15, 0.2) is 60.7 Å². The summed E-state index contributed by atoms with van der Waals surface area (Å²) in [6.07, 6.45) is -0.0520. The smallest absolute Gasteiger partial charge is 0.228 e. The summed E-state index contributed by atoms with van der Waals surface area (Å²) >= 11 is 0. The molecule has 0 bridgehead atoms. The molecule has 0 spiro atoms. The Bertz CT molecular complexity index is 1370. The molecular weight excluding hydrogens is 479 g/mol. The van der Waals surface area contributed by atoms with E-state index >= 15 is 0 Å². The molecule has 0 atom stereocenters. The number of nitrogens with one attached hydrogen (secondary N) is 2. The van der Waals surface area contributed by atoms with E-state index in [1.165, 1.54) is 6.07 Å². The van der Waals surface area contributed by atoms with Gasteiger partial charge in [-0.1, -0.05) is 70.2 Å². The van der Waals surface area contributed by atoms with E-state index in [0.29, 0.717) is 28.9 Å². The number of aromatic nitrogens is 4. The topological polar surface area (TPSA) is 86.8 Å². The number of anilines is 2. The van der Waals surface area contributed by atoms with Gasteiger partial charge in [0.2, 0.25) is 11.7 Å². The van der Waals surface area contributed by atoms with Crippen molar-refractivity contribution in [2.24, 2.45) is 11.8 Å². The fourth-order valence-corrected chi connectivity index (χ4v) is 4.60. The lowest BCUT2D eigenvalue weighted by molar-refractivity contribution is -0.115. The number of aryl methyl sites for hydroxylation is 1. The monoisotopic (exact) mass is 514 g/mol. The first-order valence-corrected chi connectivity index (χ1v) is 13.0. The predicted octanol–water partition coefficient (Wildman–Crippen LogP) is 6.28. The van der Waals surface area contributed by atoms with Crippen molar-refractivity contribution >= 4 is 17.3 Å². The Kier molecular flexibility index (Phi) is 8.51. The van der Waals surface area contributed by atoms with Crippen LogP contribution >= 0.6 is 0 Å². The van der Waals surface area contributed by atoms with Gasteiger partial charge in [0.1, 0.15) is 5.82 Å². The molecule has 2 N–H and O–H groups in total. The van der Waals surface area contributed by atoms with Crippen molar-refractivity contribution in [2.75, 3.05) is 23.3 Å². The first-order chi connectivity index (χ1) is 18.2. The first kappa shape index (κ1) is 27.0. The lowest BCUT2D eigenvalue weighted by atomic mass is 9.97. The maximum atomic E-state index is 14.5. The average Bonchev–Trinajstić information content (AvgIpc) is 3.40. The van der Waals surface area contributed by atoms with Crippen LogP contribution in [0.2, 0.25) is 0 Å². The van der Waals surface area contributed by atoms with Crippen LogP contribution in [-0.4, -0.2) is 39.6 Å². The Morgan fingerprint density at radius 1 is 0.974 bits per heavy atom. The van der Waals surface area contributed by atoms with Gasteiger partial charge in [0, 0.05) is 18.7 Å². The van der Waals surface area contributed by atoms with Gasteiger partial charge in [-0.25, -0.2) is 4.39 Å². The minimum atomic E-state index is -0.371. The molecular formula is C30H35FN6O. The molecule has 0 radical (unpaired) electrons. The zero-order valence-corrected chi connectivity index (χ0v) is 22.6. The van der Waals surface area contributed by atoms with Crippen LogP contribution in [0.3, 0.4) is 0 Å². The second kappa shape index (κ2) is 12.0. The van der Waals surface area contributed by atoms with Gasteiger partial charge in [-0.05, 0) is 64.4 Å². The Morgan fingerprint density at radius 2 is 1.68 bits per heavy atom. The number of tetrazole rings is 1. The number of hydrogen-bond acceptors (Lipinski definition) is 5. The molecule has 1 heterocycles. The van der Waals surface area contributed by atoms with Gasteiger partial charge in [-0.2, -0.15) is 5.21 Å². The largest absolute Gasteiger partial charge is 0.369 e. The molecule has 0 unspecified atom stereocenters. The highest BCUT2D eigenvalue weighted by atomic mass is 19.1. The molecule has 0 aliphatic rings. The number of H-pyrrole nitrogens is 1.